The molecule has 1 aliphatic heterocycles. The van der Waals surface area contributed by atoms with E-state index in [1.54, 1.807) is 0 Å². The summed E-state index contributed by atoms with van der Waals surface area (Å²) in [6.45, 7) is 12.3. The largest absolute Gasteiger partial charge is 0.421 e. The molecule has 0 amide bonds. The van der Waals surface area contributed by atoms with E-state index in [1.165, 1.54) is 36.9 Å². The highest BCUT2D eigenvalue weighted by Crippen LogP contribution is 2.40. The summed E-state index contributed by atoms with van der Waals surface area (Å²) in [4.78, 5) is 2.67. The number of nitrogens with zero attached hydrogens (tertiary/aromatic N) is 3. The molecule has 1 aliphatic carbocycles. The van der Waals surface area contributed by atoms with Gasteiger partial charge in [-0.1, -0.05) is 43.2 Å². The lowest BCUT2D eigenvalue weighted by Crippen LogP contribution is -2.41. The van der Waals surface area contributed by atoms with Crippen molar-refractivity contribution in [3.05, 3.63) is 47.4 Å². The van der Waals surface area contributed by atoms with Crippen molar-refractivity contribution in [2.75, 3.05) is 26.8 Å². The molecule has 0 saturated carbocycles. The van der Waals surface area contributed by atoms with Crippen molar-refractivity contribution in [2.45, 2.75) is 59.4 Å². The van der Waals surface area contributed by atoms with Gasteiger partial charge in [-0.15, -0.1) is 10.2 Å². The predicted octanol–water partition coefficient (Wildman–Crippen LogP) is 5.55. The Morgan fingerprint density at radius 2 is 1.94 bits per heavy atom. The number of aromatic nitrogens is 2. The standard InChI is InChI=1S/C27H39N3O2/c1-18(2)25-14-22(15-26-28-29-27(32-26)21-10-8-19(3)9-11-21)20(4)13-23(25)16-30-12-6-7-24(30)17-31-5/h8-11,13,18,22-25H,6-7,12,14-17H2,1-5H3/t22-,23+,24-,25+/m1/s1. The van der Waals surface area contributed by atoms with Crippen LogP contribution in [0.25, 0.3) is 11.5 Å². The minimum absolute atomic E-state index is 0.471. The minimum Gasteiger partial charge on any atom is -0.421 e. The molecule has 4 atom stereocenters. The van der Waals surface area contributed by atoms with Crippen molar-refractivity contribution < 1.29 is 9.15 Å². The Morgan fingerprint density at radius 3 is 2.66 bits per heavy atom. The van der Waals surface area contributed by atoms with E-state index in [1.807, 2.05) is 19.2 Å². The van der Waals surface area contributed by atoms with E-state index in [0.29, 0.717) is 35.6 Å². The quantitative estimate of drug-likeness (QED) is 0.507. The van der Waals surface area contributed by atoms with Crippen LogP contribution in [-0.2, 0) is 11.2 Å². The van der Waals surface area contributed by atoms with Gasteiger partial charge in [0, 0.05) is 31.7 Å². The summed E-state index contributed by atoms with van der Waals surface area (Å²) in [7, 11) is 1.82. The van der Waals surface area contributed by atoms with Gasteiger partial charge in [0.15, 0.2) is 0 Å². The third-order valence-corrected chi connectivity index (χ3v) is 7.57. The maximum absolute atomic E-state index is 6.06. The Bertz CT molecular complexity index is 902. The van der Waals surface area contributed by atoms with Gasteiger partial charge >= 0.3 is 0 Å². The Morgan fingerprint density at radius 1 is 1.16 bits per heavy atom. The van der Waals surface area contributed by atoms with Crippen molar-refractivity contribution in [3.8, 4) is 11.5 Å². The van der Waals surface area contributed by atoms with Crippen LogP contribution in [0.3, 0.4) is 0 Å². The summed E-state index contributed by atoms with van der Waals surface area (Å²) in [5, 5.41) is 8.70. The van der Waals surface area contributed by atoms with E-state index in [-0.39, 0.29) is 0 Å². The molecule has 2 heterocycles. The molecule has 32 heavy (non-hydrogen) atoms. The Kier molecular flexibility index (Phi) is 7.47. The molecule has 5 heteroatoms. The first-order valence-corrected chi connectivity index (χ1v) is 12.2. The van der Waals surface area contributed by atoms with Crippen LogP contribution in [-0.4, -0.2) is 47.9 Å². The average Bonchev–Trinajstić information content (AvgIpc) is 3.40. The molecule has 0 unspecified atom stereocenters. The highest BCUT2D eigenvalue weighted by Gasteiger charge is 2.35. The first kappa shape index (κ1) is 23.2. The molecule has 0 radical (unpaired) electrons. The zero-order valence-electron chi connectivity index (χ0n) is 20.4. The molecule has 1 aromatic carbocycles. The van der Waals surface area contributed by atoms with Gasteiger partial charge in [0.2, 0.25) is 11.8 Å². The van der Waals surface area contributed by atoms with Crippen LogP contribution < -0.4 is 0 Å². The molecule has 5 nitrogen and oxygen atoms in total. The molecule has 4 rings (SSSR count). The van der Waals surface area contributed by atoms with Crippen LogP contribution in [0.1, 0.15) is 51.5 Å². The van der Waals surface area contributed by atoms with Crippen LogP contribution in [0, 0.1) is 30.6 Å². The number of hydrogen-bond acceptors (Lipinski definition) is 5. The molecule has 2 aromatic rings. The van der Waals surface area contributed by atoms with E-state index < -0.39 is 0 Å². The zero-order valence-corrected chi connectivity index (χ0v) is 20.4. The molecule has 0 bridgehead atoms. The number of methoxy groups -OCH3 is 1. The Hall–Kier alpha value is -1.98. The topological polar surface area (TPSA) is 51.4 Å². The molecular weight excluding hydrogens is 398 g/mol. The molecule has 1 aromatic heterocycles. The highest BCUT2D eigenvalue weighted by atomic mass is 16.5. The fraction of sp³-hybridized carbons (Fsp3) is 0.630. The number of ether oxygens (including phenoxy) is 1. The second kappa shape index (κ2) is 10.3. The van der Waals surface area contributed by atoms with Crippen LogP contribution in [0.15, 0.2) is 40.3 Å². The van der Waals surface area contributed by atoms with Crippen molar-refractivity contribution in [2.24, 2.45) is 23.7 Å². The van der Waals surface area contributed by atoms with Gasteiger partial charge in [0.25, 0.3) is 0 Å². The van der Waals surface area contributed by atoms with Gasteiger partial charge in [-0.05, 0) is 75.5 Å². The molecule has 0 N–H and O–H groups in total. The lowest BCUT2D eigenvalue weighted by atomic mass is 9.69. The second-order valence-corrected chi connectivity index (χ2v) is 10.2. The average molecular weight is 438 g/mol. The zero-order chi connectivity index (χ0) is 22.7. The SMILES string of the molecule is COC[C@H]1CCCN1C[C@@H]1C=C(C)[C@@H](Cc2nnc(-c3ccc(C)cc3)o2)C[C@H]1C(C)C. The summed E-state index contributed by atoms with van der Waals surface area (Å²) < 4.78 is 11.5. The van der Waals surface area contributed by atoms with Gasteiger partial charge in [0.05, 0.1) is 6.61 Å². The summed E-state index contributed by atoms with van der Waals surface area (Å²) >= 11 is 0. The first-order valence-electron chi connectivity index (χ1n) is 12.2. The van der Waals surface area contributed by atoms with Gasteiger partial charge in [0.1, 0.15) is 0 Å². The lowest BCUT2D eigenvalue weighted by Gasteiger charge is -2.39. The van der Waals surface area contributed by atoms with E-state index in [0.717, 1.165) is 31.0 Å². The van der Waals surface area contributed by atoms with Crippen molar-refractivity contribution >= 4 is 0 Å². The normalized spacial score (nSPS) is 26.6. The van der Waals surface area contributed by atoms with Crippen LogP contribution in [0.2, 0.25) is 0 Å². The Balaban J connectivity index is 1.45. The third-order valence-electron chi connectivity index (χ3n) is 7.57. The summed E-state index contributed by atoms with van der Waals surface area (Å²) in [5.41, 5.74) is 3.69. The highest BCUT2D eigenvalue weighted by molar-refractivity contribution is 5.52. The lowest BCUT2D eigenvalue weighted by molar-refractivity contribution is 0.0928. The molecule has 1 saturated heterocycles. The number of benzene rings is 1. The van der Waals surface area contributed by atoms with E-state index >= 15 is 0 Å². The summed E-state index contributed by atoms with van der Waals surface area (Å²) in [5.74, 6) is 3.77. The number of rotatable bonds is 8. The van der Waals surface area contributed by atoms with Crippen molar-refractivity contribution in [3.63, 3.8) is 0 Å². The summed E-state index contributed by atoms with van der Waals surface area (Å²) in [6.07, 6.45) is 7.12. The minimum atomic E-state index is 0.471. The van der Waals surface area contributed by atoms with Crippen molar-refractivity contribution in [1.29, 1.82) is 0 Å². The van der Waals surface area contributed by atoms with Gasteiger partial charge in [-0.3, -0.25) is 4.90 Å². The fourth-order valence-electron chi connectivity index (χ4n) is 5.63. The van der Waals surface area contributed by atoms with Crippen LogP contribution >= 0.6 is 0 Å². The number of hydrogen-bond donors (Lipinski definition) is 0. The maximum atomic E-state index is 6.06. The van der Waals surface area contributed by atoms with E-state index in [2.05, 4.69) is 61.0 Å². The summed E-state index contributed by atoms with van der Waals surface area (Å²) in [6, 6.07) is 8.84. The van der Waals surface area contributed by atoms with Gasteiger partial charge in [-0.2, -0.15) is 0 Å². The number of allylic oxidation sites excluding steroid dienone is 1. The Labute approximate surface area is 193 Å². The fourth-order valence-corrected chi connectivity index (χ4v) is 5.63. The van der Waals surface area contributed by atoms with Crippen LogP contribution in [0.4, 0.5) is 0 Å². The molecular formula is C27H39N3O2. The monoisotopic (exact) mass is 437 g/mol. The van der Waals surface area contributed by atoms with E-state index in [4.69, 9.17) is 9.15 Å². The second-order valence-electron chi connectivity index (χ2n) is 10.2. The maximum Gasteiger partial charge on any atom is 0.247 e. The van der Waals surface area contributed by atoms with E-state index in [9.17, 15) is 0 Å². The third kappa shape index (κ3) is 5.32. The predicted molar refractivity (Wildman–Crippen MR) is 128 cm³/mol. The molecule has 1 fully saturated rings. The number of aryl methyl sites for hydroxylation is 1. The van der Waals surface area contributed by atoms with Gasteiger partial charge < -0.3 is 9.15 Å². The van der Waals surface area contributed by atoms with Crippen molar-refractivity contribution in [1.82, 2.24) is 15.1 Å². The molecule has 174 valence electrons. The smallest absolute Gasteiger partial charge is 0.247 e. The molecule has 2 aliphatic rings. The number of likely N-dealkylation sites (tertiary alicyclic amines) is 1. The first-order chi connectivity index (χ1) is 15.4. The van der Waals surface area contributed by atoms with Gasteiger partial charge in [-0.25, -0.2) is 0 Å². The van der Waals surface area contributed by atoms with Crippen LogP contribution in [0.5, 0.6) is 0 Å². The molecule has 0 spiro atoms.